The summed E-state index contributed by atoms with van der Waals surface area (Å²) in [5.74, 6) is 0.00459. The van der Waals surface area contributed by atoms with E-state index in [2.05, 4.69) is 10.3 Å². The van der Waals surface area contributed by atoms with Crippen molar-refractivity contribution in [1.29, 1.82) is 0 Å². The predicted molar refractivity (Wildman–Crippen MR) is 72.4 cm³/mol. The van der Waals surface area contributed by atoms with Gasteiger partial charge in [-0.25, -0.2) is 9.78 Å². The number of pyridine rings is 1. The van der Waals surface area contributed by atoms with E-state index in [1.165, 1.54) is 12.3 Å². The summed E-state index contributed by atoms with van der Waals surface area (Å²) in [6.07, 6.45) is 3.74. The van der Waals surface area contributed by atoms with Crippen molar-refractivity contribution in [2.45, 2.75) is 12.8 Å². The molecule has 1 aliphatic heterocycles. The number of aromatic nitrogens is 1. The Balaban J connectivity index is 0.00000162. The molecule has 18 heavy (non-hydrogen) atoms. The minimum atomic E-state index is -0.405. The van der Waals surface area contributed by atoms with Gasteiger partial charge in [-0.3, -0.25) is 0 Å². The first-order valence-corrected chi connectivity index (χ1v) is 6.13. The van der Waals surface area contributed by atoms with Crippen LogP contribution in [0.3, 0.4) is 0 Å². The average molecular weight is 291 g/mol. The largest absolute Gasteiger partial charge is 0.461 e. The summed E-state index contributed by atoms with van der Waals surface area (Å²) in [6, 6.07) is 3.15. The van der Waals surface area contributed by atoms with Crippen molar-refractivity contribution in [1.82, 2.24) is 10.3 Å². The third-order valence-corrected chi connectivity index (χ3v) is 3.02. The van der Waals surface area contributed by atoms with E-state index in [0.29, 0.717) is 17.5 Å². The van der Waals surface area contributed by atoms with Crippen molar-refractivity contribution in [3.05, 3.63) is 29.0 Å². The highest BCUT2D eigenvalue weighted by molar-refractivity contribution is 6.30. The molecule has 0 aliphatic carbocycles. The molecule has 0 radical (unpaired) electrons. The third-order valence-electron chi connectivity index (χ3n) is 2.78. The zero-order chi connectivity index (χ0) is 12.1. The van der Waals surface area contributed by atoms with Crippen molar-refractivity contribution in [3.8, 4) is 0 Å². The molecule has 0 amide bonds. The molecular formula is C12H16Cl2N2O2. The molecule has 0 aromatic carbocycles. The van der Waals surface area contributed by atoms with Crippen LogP contribution in [-0.2, 0) is 4.74 Å². The van der Waals surface area contributed by atoms with Crippen LogP contribution in [0.5, 0.6) is 0 Å². The normalized spacial score (nSPS) is 18.8. The molecule has 0 saturated carbocycles. The molecule has 1 aromatic rings. The number of hydrogen-bond acceptors (Lipinski definition) is 4. The second-order valence-corrected chi connectivity index (χ2v) is 4.61. The number of hydrogen-bond donors (Lipinski definition) is 1. The molecule has 2 heterocycles. The number of rotatable bonds is 3. The van der Waals surface area contributed by atoms with Gasteiger partial charge in [0.2, 0.25) is 0 Å². The zero-order valence-corrected chi connectivity index (χ0v) is 11.5. The van der Waals surface area contributed by atoms with Gasteiger partial charge in [0.15, 0.2) is 0 Å². The molecule has 4 nitrogen and oxygen atoms in total. The van der Waals surface area contributed by atoms with Gasteiger partial charge < -0.3 is 10.1 Å². The summed E-state index contributed by atoms with van der Waals surface area (Å²) in [4.78, 5) is 15.6. The lowest BCUT2D eigenvalue weighted by atomic mass is 10.0. The Morgan fingerprint density at radius 3 is 3.11 bits per heavy atom. The van der Waals surface area contributed by atoms with E-state index in [1.54, 1.807) is 6.07 Å². The first-order chi connectivity index (χ1) is 8.25. The van der Waals surface area contributed by atoms with Crippen molar-refractivity contribution in [2.24, 2.45) is 5.92 Å². The average Bonchev–Trinajstić information content (AvgIpc) is 2.37. The molecule has 6 heteroatoms. The zero-order valence-electron chi connectivity index (χ0n) is 9.89. The second-order valence-electron chi connectivity index (χ2n) is 4.17. The van der Waals surface area contributed by atoms with Crippen molar-refractivity contribution >= 4 is 30.0 Å². The first kappa shape index (κ1) is 15.2. The summed E-state index contributed by atoms with van der Waals surface area (Å²) in [5.41, 5.74) is 0.265. The van der Waals surface area contributed by atoms with Crippen LogP contribution < -0.4 is 5.32 Å². The van der Waals surface area contributed by atoms with Crippen molar-refractivity contribution in [3.63, 3.8) is 0 Å². The Morgan fingerprint density at radius 2 is 2.44 bits per heavy atom. The van der Waals surface area contributed by atoms with Gasteiger partial charge >= 0.3 is 5.97 Å². The molecule has 0 spiro atoms. The van der Waals surface area contributed by atoms with Crippen LogP contribution in [-0.4, -0.2) is 30.6 Å². The molecule has 1 atom stereocenters. The van der Waals surface area contributed by atoms with Crippen LogP contribution in [0, 0.1) is 5.92 Å². The van der Waals surface area contributed by atoms with E-state index in [0.717, 1.165) is 25.9 Å². The topological polar surface area (TPSA) is 51.2 Å². The summed E-state index contributed by atoms with van der Waals surface area (Å²) >= 11 is 5.78. The summed E-state index contributed by atoms with van der Waals surface area (Å²) in [6.45, 7) is 2.41. The Kier molecular flexibility index (Phi) is 6.39. The molecule has 0 bridgehead atoms. The monoisotopic (exact) mass is 290 g/mol. The van der Waals surface area contributed by atoms with E-state index >= 15 is 0 Å². The van der Waals surface area contributed by atoms with Crippen LogP contribution in [0.1, 0.15) is 23.3 Å². The molecular weight excluding hydrogens is 275 g/mol. The van der Waals surface area contributed by atoms with Gasteiger partial charge in [-0.1, -0.05) is 11.6 Å². The fourth-order valence-corrected chi connectivity index (χ4v) is 2.01. The Bertz CT molecular complexity index is 395. The number of halogens is 2. The lowest BCUT2D eigenvalue weighted by Crippen LogP contribution is -2.32. The van der Waals surface area contributed by atoms with Crippen LogP contribution in [0.4, 0.5) is 0 Å². The third kappa shape index (κ3) is 4.44. The summed E-state index contributed by atoms with van der Waals surface area (Å²) < 4.78 is 5.22. The van der Waals surface area contributed by atoms with Crippen LogP contribution >= 0.6 is 24.0 Å². The highest BCUT2D eigenvalue weighted by Gasteiger charge is 2.16. The standard InChI is InChI=1S/C12H15ClN2O2.ClH/c13-10-3-5-15-11(6-10)12(16)17-8-9-2-1-4-14-7-9;/h3,5-6,9,14H,1-2,4,7-8H2;1H. The maximum atomic E-state index is 11.7. The summed E-state index contributed by atoms with van der Waals surface area (Å²) in [7, 11) is 0. The van der Waals surface area contributed by atoms with Gasteiger partial charge in [-0.05, 0) is 31.5 Å². The van der Waals surface area contributed by atoms with Gasteiger partial charge in [0.25, 0.3) is 0 Å². The number of esters is 1. The molecule has 1 fully saturated rings. The van der Waals surface area contributed by atoms with Gasteiger partial charge in [0.1, 0.15) is 5.69 Å². The fourth-order valence-electron chi connectivity index (χ4n) is 1.85. The minimum absolute atomic E-state index is 0. The SMILES string of the molecule is Cl.O=C(OCC1CCCNC1)c1cc(Cl)ccn1. The Morgan fingerprint density at radius 1 is 1.61 bits per heavy atom. The number of nitrogens with one attached hydrogen (secondary N) is 1. The number of carbonyl (C=O) groups is 1. The Hall–Kier alpha value is -0.840. The van der Waals surface area contributed by atoms with Gasteiger partial charge in [-0.15, -0.1) is 12.4 Å². The quantitative estimate of drug-likeness (QED) is 0.868. The van der Waals surface area contributed by atoms with Gasteiger partial charge in [-0.2, -0.15) is 0 Å². The number of ether oxygens (including phenoxy) is 1. The number of piperidine rings is 1. The van der Waals surface area contributed by atoms with Crippen molar-refractivity contribution < 1.29 is 9.53 Å². The lowest BCUT2D eigenvalue weighted by molar-refractivity contribution is 0.0414. The van der Waals surface area contributed by atoms with E-state index in [4.69, 9.17) is 16.3 Å². The fraction of sp³-hybridized carbons (Fsp3) is 0.500. The first-order valence-electron chi connectivity index (χ1n) is 5.75. The highest BCUT2D eigenvalue weighted by atomic mass is 35.5. The molecule has 1 saturated heterocycles. The molecule has 1 aliphatic rings. The second kappa shape index (κ2) is 7.56. The maximum Gasteiger partial charge on any atom is 0.356 e. The van der Waals surface area contributed by atoms with E-state index in [1.807, 2.05) is 0 Å². The number of nitrogens with zero attached hydrogens (tertiary/aromatic N) is 1. The van der Waals surface area contributed by atoms with Crippen molar-refractivity contribution in [2.75, 3.05) is 19.7 Å². The van der Waals surface area contributed by atoms with Gasteiger partial charge in [0, 0.05) is 23.7 Å². The molecule has 2 rings (SSSR count). The van der Waals surface area contributed by atoms with Crippen LogP contribution in [0.2, 0.25) is 5.02 Å². The molecule has 1 N–H and O–H groups in total. The van der Waals surface area contributed by atoms with Gasteiger partial charge in [0.05, 0.1) is 6.61 Å². The van der Waals surface area contributed by atoms with E-state index in [9.17, 15) is 4.79 Å². The highest BCUT2D eigenvalue weighted by Crippen LogP contribution is 2.12. The minimum Gasteiger partial charge on any atom is -0.461 e. The Labute approximate surface area is 117 Å². The maximum absolute atomic E-state index is 11.7. The van der Waals surface area contributed by atoms with E-state index in [-0.39, 0.29) is 18.1 Å². The molecule has 1 unspecified atom stereocenters. The molecule has 100 valence electrons. The lowest BCUT2D eigenvalue weighted by Gasteiger charge is -2.22. The smallest absolute Gasteiger partial charge is 0.356 e. The number of carbonyl (C=O) groups excluding carboxylic acids is 1. The molecule has 1 aromatic heterocycles. The van der Waals surface area contributed by atoms with Crippen LogP contribution in [0.15, 0.2) is 18.3 Å². The van der Waals surface area contributed by atoms with E-state index < -0.39 is 5.97 Å². The van der Waals surface area contributed by atoms with Crippen LogP contribution in [0.25, 0.3) is 0 Å². The summed E-state index contributed by atoms with van der Waals surface area (Å²) in [5, 5.41) is 3.77. The predicted octanol–water partition coefficient (Wildman–Crippen LogP) is 2.31.